The topological polar surface area (TPSA) is 146 Å². The molecule has 1 aromatic carbocycles. The molecule has 12 heteroatoms. The molecular weight excluding hydrogens is 418 g/mol. The lowest BCUT2D eigenvalue weighted by Gasteiger charge is -2.32. The summed E-state index contributed by atoms with van der Waals surface area (Å²) in [4.78, 5) is 34.9. The van der Waals surface area contributed by atoms with Crippen molar-refractivity contribution in [1.29, 1.82) is 0 Å². The van der Waals surface area contributed by atoms with Crippen molar-refractivity contribution in [3.63, 3.8) is 0 Å². The van der Waals surface area contributed by atoms with Gasteiger partial charge in [0.1, 0.15) is 12.2 Å². The van der Waals surface area contributed by atoms with Crippen LogP contribution in [0.15, 0.2) is 29.2 Å². The van der Waals surface area contributed by atoms with Crippen LogP contribution in [0.25, 0.3) is 0 Å². The van der Waals surface area contributed by atoms with E-state index in [2.05, 4.69) is 16.6 Å². The fourth-order valence-electron chi connectivity index (χ4n) is 2.06. The lowest BCUT2D eigenvalue weighted by Crippen LogP contribution is -2.67. The van der Waals surface area contributed by atoms with Crippen LogP contribution in [0, 0.1) is 22.5 Å². The van der Waals surface area contributed by atoms with Crippen molar-refractivity contribution in [3.05, 3.63) is 34.4 Å². The Bertz CT molecular complexity index is 844. The predicted molar refractivity (Wildman–Crippen MR) is 106 cm³/mol. The van der Waals surface area contributed by atoms with E-state index in [1.54, 1.807) is 20.8 Å². The van der Waals surface area contributed by atoms with E-state index in [0.717, 1.165) is 19.2 Å². The fourth-order valence-corrected chi connectivity index (χ4v) is 2.83. The van der Waals surface area contributed by atoms with Gasteiger partial charge in [0.15, 0.2) is 11.1 Å². The summed E-state index contributed by atoms with van der Waals surface area (Å²) < 4.78 is 27.6. The van der Waals surface area contributed by atoms with Crippen molar-refractivity contribution in [1.82, 2.24) is 10.6 Å². The number of nitro groups is 1. The quantitative estimate of drug-likeness (QED) is 0.190. The van der Waals surface area contributed by atoms with Crippen molar-refractivity contribution in [2.75, 3.05) is 20.3 Å². The van der Waals surface area contributed by atoms with E-state index in [4.69, 9.17) is 20.1 Å². The van der Waals surface area contributed by atoms with Gasteiger partial charge < -0.3 is 9.47 Å². The summed E-state index contributed by atoms with van der Waals surface area (Å²) in [6.45, 7) is 4.06. The molecule has 1 rings (SSSR count). The van der Waals surface area contributed by atoms with Crippen molar-refractivity contribution >= 4 is 28.8 Å². The zero-order valence-corrected chi connectivity index (χ0v) is 17.7. The van der Waals surface area contributed by atoms with Gasteiger partial charge in [-0.15, -0.1) is 6.42 Å². The van der Waals surface area contributed by atoms with Gasteiger partial charge in [-0.2, -0.15) is 0 Å². The van der Waals surface area contributed by atoms with Crippen LogP contribution in [-0.4, -0.2) is 52.7 Å². The molecule has 0 saturated heterocycles. The summed E-state index contributed by atoms with van der Waals surface area (Å²) in [5.41, 5.74) is -3.05. The molecule has 0 saturated carbocycles. The maximum atomic E-state index is 12.4. The lowest BCUT2D eigenvalue weighted by molar-refractivity contribution is -0.384. The van der Waals surface area contributed by atoms with Crippen LogP contribution < -0.4 is 10.6 Å². The maximum Gasteiger partial charge on any atom is 0.409 e. The summed E-state index contributed by atoms with van der Waals surface area (Å²) in [5.74, 6) is 1.29. The van der Waals surface area contributed by atoms with Crippen LogP contribution in [0.3, 0.4) is 0 Å². The van der Waals surface area contributed by atoms with Gasteiger partial charge in [0, 0.05) is 12.1 Å². The van der Waals surface area contributed by atoms with Crippen LogP contribution in [0.1, 0.15) is 20.8 Å². The second-order valence-electron chi connectivity index (χ2n) is 6.83. The zero-order valence-electron chi connectivity index (χ0n) is 16.9. The number of carbonyl (C=O) groups is 2. The number of non-ortho nitro benzene ring substituents is 1. The molecule has 0 aliphatic carbocycles. The van der Waals surface area contributed by atoms with E-state index in [9.17, 15) is 23.9 Å². The van der Waals surface area contributed by atoms with E-state index in [-0.39, 0.29) is 17.1 Å². The maximum absolute atomic E-state index is 12.4. The van der Waals surface area contributed by atoms with Gasteiger partial charge in [0.25, 0.3) is 5.69 Å². The minimum absolute atomic E-state index is 0.105. The van der Waals surface area contributed by atoms with E-state index in [0.29, 0.717) is 0 Å². The zero-order chi connectivity index (χ0) is 22.9. The summed E-state index contributed by atoms with van der Waals surface area (Å²) in [5, 5.41) is 15.6. The predicted octanol–water partition coefficient (Wildman–Crippen LogP) is 1.25. The molecule has 0 spiro atoms. The smallest absolute Gasteiger partial charge is 0.409 e. The average molecular weight is 441 g/mol. The first kappa shape index (κ1) is 25.0. The number of esters is 1. The third kappa shape index (κ3) is 7.43. The standard InChI is InChI=1S/C18H23N3O8S/c1-6-11-19-18(15(22)27-5,20-16(23)29-17(2,3)4)12-28-30(26)14-9-7-13(8-10-14)21(24)25/h1,7-10,19H,11-12H2,2-5H3,(H,20,23). The Morgan fingerprint density at radius 1 is 1.27 bits per heavy atom. The molecular formula is C18H23N3O8S. The number of nitro benzene ring substituents is 1. The van der Waals surface area contributed by atoms with Gasteiger partial charge in [-0.25, -0.2) is 13.8 Å². The highest BCUT2D eigenvalue weighted by atomic mass is 32.2. The number of nitrogens with zero attached hydrogens (tertiary/aromatic N) is 1. The Labute approximate surface area is 176 Å². The number of hydrogen-bond acceptors (Lipinski definition) is 9. The van der Waals surface area contributed by atoms with E-state index < -0.39 is 45.9 Å². The largest absolute Gasteiger partial charge is 0.466 e. The molecule has 11 nitrogen and oxygen atoms in total. The molecule has 0 bridgehead atoms. The second-order valence-corrected chi connectivity index (χ2v) is 8.01. The van der Waals surface area contributed by atoms with E-state index in [1.807, 2.05) is 0 Å². The van der Waals surface area contributed by atoms with Crippen molar-refractivity contribution in [2.45, 2.75) is 36.9 Å². The molecule has 30 heavy (non-hydrogen) atoms. The molecule has 0 aliphatic rings. The van der Waals surface area contributed by atoms with Gasteiger partial charge in [-0.3, -0.25) is 24.9 Å². The Hall–Kier alpha value is -3.01. The molecule has 0 aromatic heterocycles. The molecule has 164 valence electrons. The van der Waals surface area contributed by atoms with Gasteiger partial charge in [0.05, 0.1) is 23.5 Å². The number of methoxy groups -OCH3 is 1. The highest BCUT2D eigenvalue weighted by Crippen LogP contribution is 2.17. The molecule has 0 aliphatic heterocycles. The monoisotopic (exact) mass is 441 g/mol. The highest BCUT2D eigenvalue weighted by Gasteiger charge is 2.43. The van der Waals surface area contributed by atoms with Gasteiger partial charge in [0.2, 0.25) is 5.66 Å². The minimum atomic E-state index is -2.12. The summed E-state index contributed by atoms with van der Waals surface area (Å²) in [7, 11) is 1.08. The van der Waals surface area contributed by atoms with Crippen LogP contribution in [-0.2, 0) is 29.5 Å². The van der Waals surface area contributed by atoms with Crippen LogP contribution in [0.2, 0.25) is 0 Å². The summed E-state index contributed by atoms with van der Waals surface area (Å²) in [6, 6.07) is 4.79. The minimum Gasteiger partial charge on any atom is -0.466 e. The number of benzene rings is 1. The molecule has 2 unspecified atom stereocenters. The van der Waals surface area contributed by atoms with Crippen molar-refractivity contribution in [2.24, 2.45) is 0 Å². The second kappa shape index (κ2) is 10.7. The van der Waals surface area contributed by atoms with Gasteiger partial charge in [-0.1, -0.05) is 5.92 Å². The summed E-state index contributed by atoms with van der Waals surface area (Å²) in [6.07, 6.45) is 4.26. The number of nitrogens with one attached hydrogen (secondary N) is 2. The molecule has 1 aromatic rings. The lowest BCUT2D eigenvalue weighted by atomic mass is 10.1. The van der Waals surface area contributed by atoms with Crippen molar-refractivity contribution in [3.8, 4) is 12.3 Å². The highest BCUT2D eigenvalue weighted by molar-refractivity contribution is 7.80. The van der Waals surface area contributed by atoms with Crippen molar-refractivity contribution < 1.29 is 32.4 Å². The van der Waals surface area contributed by atoms with Crippen LogP contribution >= 0.6 is 0 Å². The molecule has 0 fully saturated rings. The number of carbonyl (C=O) groups excluding carboxylic acids is 2. The molecule has 0 heterocycles. The number of hydrogen-bond donors (Lipinski definition) is 2. The number of ether oxygens (including phenoxy) is 2. The normalized spacial score (nSPS) is 14.0. The van der Waals surface area contributed by atoms with E-state index >= 15 is 0 Å². The van der Waals surface area contributed by atoms with Gasteiger partial charge in [-0.05, 0) is 32.9 Å². The molecule has 2 N–H and O–H groups in total. The van der Waals surface area contributed by atoms with Crippen LogP contribution in [0.5, 0.6) is 0 Å². The Balaban J connectivity index is 3.06. The Morgan fingerprint density at radius 2 is 1.87 bits per heavy atom. The van der Waals surface area contributed by atoms with Crippen LogP contribution in [0.4, 0.5) is 10.5 Å². The first-order valence-electron chi connectivity index (χ1n) is 8.51. The third-order valence-electron chi connectivity index (χ3n) is 3.36. The first-order chi connectivity index (χ1) is 13.9. The third-order valence-corrected chi connectivity index (χ3v) is 4.35. The number of amides is 1. The Kier molecular flexibility index (Phi) is 8.91. The SMILES string of the molecule is C#CCNC(COS(=O)c1ccc([N+](=O)[O-])cc1)(NC(=O)OC(C)(C)C)C(=O)OC. The number of rotatable bonds is 9. The molecule has 1 amide bonds. The molecule has 0 radical (unpaired) electrons. The fraction of sp³-hybridized carbons (Fsp3) is 0.444. The average Bonchev–Trinajstić information content (AvgIpc) is 2.67. The summed E-state index contributed by atoms with van der Waals surface area (Å²) >= 11 is -2.12. The van der Waals surface area contributed by atoms with E-state index in [1.165, 1.54) is 12.1 Å². The number of terminal acetylenes is 1. The Morgan fingerprint density at radius 3 is 2.33 bits per heavy atom. The first-order valence-corrected chi connectivity index (χ1v) is 9.59. The number of alkyl carbamates (subject to hydrolysis) is 1. The van der Waals surface area contributed by atoms with Gasteiger partial charge >= 0.3 is 12.1 Å². The molecule has 2 atom stereocenters.